The molecule has 1 fully saturated rings. The van der Waals surface area contributed by atoms with E-state index in [-0.39, 0.29) is 5.82 Å². The maximum Gasteiger partial charge on any atom is 0.165 e. The highest BCUT2D eigenvalue weighted by atomic mass is 19.1. The van der Waals surface area contributed by atoms with Crippen molar-refractivity contribution < 1.29 is 9.13 Å². The van der Waals surface area contributed by atoms with Gasteiger partial charge in [0.05, 0.1) is 6.61 Å². The molecule has 108 valence electrons. The molecule has 0 N–H and O–H groups in total. The molecule has 0 unspecified atom stereocenters. The molecule has 0 spiro atoms. The van der Waals surface area contributed by atoms with E-state index < -0.39 is 0 Å². The van der Waals surface area contributed by atoms with Crippen LogP contribution in [0.4, 0.5) is 4.39 Å². The topological polar surface area (TPSA) is 9.23 Å². The van der Waals surface area contributed by atoms with E-state index in [4.69, 9.17) is 4.74 Å². The molecule has 1 saturated carbocycles. The third-order valence-electron chi connectivity index (χ3n) is 3.04. The van der Waals surface area contributed by atoms with Crippen molar-refractivity contribution in [3.63, 3.8) is 0 Å². The van der Waals surface area contributed by atoms with Gasteiger partial charge in [0.2, 0.25) is 0 Å². The number of rotatable bonds is 3. The van der Waals surface area contributed by atoms with Gasteiger partial charge >= 0.3 is 0 Å². The Morgan fingerprint density at radius 2 is 1.79 bits per heavy atom. The molecule has 19 heavy (non-hydrogen) atoms. The van der Waals surface area contributed by atoms with Crippen molar-refractivity contribution in [1.29, 1.82) is 0 Å². The largest absolute Gasteiger partial charge is 0.490 e. The lowest BCUT2D eigenvalue weighted by Gasteiger charge is -2.12. The minimum absolute atomic E-state index is 0.243. The summed E-state index contributed by atoms with van der Waals surface area (Å²) in [5, 5.41) is 0. The van der Waals surface area contributed by atoms with Crippen LogP contribution in [-0.2, 0) is 0 Å². The highest BCUT2D eigenvalue weighted by molar-refractivity contribution is 5.28. The molecular weight excluding hydrogens is 239 g/mol. The van der Waals surface area contributed by atoms with Crippen LogP contribution in [0, 0.1) is 24.6 Å². The van der Waals surface area contributed by atoms with E-state index in [1.807, 2.05) is 13.0 Å². The van der Waals surface area contributed by atoms with E-state index in [1.54, 1.807) is 6.07 Å². The standard InChI is InChI=1S/C13H17FO.C4H10/c1-10-6-7-13(12(14)8-10)15-9-11-4-2-3-5-11;1-4(2)3/h6-8,11H,2-5,9H2,1H3;4H,1-3H3. The van der Waals surface area contributed by atoms with Crippen LogP contribution in [0.15, 0.2) is 18.2 Å². The van der Waals surface area contributed by atoms with E-state index in [9.17, 15) is 4.39 Å². The second kappa shape index (κ2) is 8.19. The van der Waals surface area contributed by atoms with Gasteiger partial charge in [0.25, 0.3) is 0 Å². The van der Waals surface area contributed by atoms with Gasteiger partial charge in [-0.2, -0.15) is 0 Å². The molecule has 0 amide bonds. The normalized spacial score (nSPS) is 15.3. The summed E-state index contributed by atoms with van der Waals surface area (Å²) in [6.07, 6.45) is 5.05. The van der Waals surface area contributed by atoms with Crippen molar-refractivity contribution in [2.24, 2.45) is 11.8 Å². The highest BCUT2D eigenvalue weighted by Crippen LogP contribution is 2.26. The van der Waals surface area contributed by atoms with E-state index in [0.29, 0.717) is 18.3 Å². The minimum Gasteiger partial charge on any atom is -0.490 e. The summed E-state index contributed by atoms with van der Waals surface area (Å²) in [6.45, 7) is 9.05. The second-order valence-electron chi connectivity index (χ2n) is 6.13. The van der Waals surface area contributed by atoms with Crippen LogP contribution < -0.4 is 4.74 Å². The molecule has 0 bridgehead atoms. The second-order valence-corrected chi connectivity index (χ2v) is 6.13. The van der Waals surface area contributed by atoms with Gasteiger partial charge < -0.3 is 4.74 Å². The van der Waals surface area contributed by atoms with Crippen LogP contribution in [0.2, 0.25) is 0 Å². The number of benzene rings is 1. The fourth-order valence-electron chi connectivity index (χ4n) is 2.11. The molecule has 0 radical (unpaired) electrons. The van der Waals surface area contributed by atoms with Gasteiger partial charge in [-0.3, -0.25) is 0 Å². The molecule has 1 aromatic rings. The van der Waals surface area contributed by atoms with Gasteiger partial charge in [0, 0.05) is 0 Å². The summed E-state index contributed by atoms with van der Waals surface area (Å²) < 4.78 is 18.9. The first-order valence-corrected chi connectivity index (χ1v) is 7.38. The minimum atomic E-state index is -0.243. The van der Waals surface area contributed by atoms with Gasteiger partial charge in [-0.05, 0) is 49.3 Å². The van der Waals surface area contributed by atoms with Gasteiger partial charge in [-0.25, -0.2) is 4.39 Å². The fourth-order valence-corrected chi connectivity index (χ4v) is 2.11. The van der Waals surface area contributed by atoms with E-state index in [1.165, 1.54) is 31.7 Å². The lowest BCUT2D eigenvalue weighted by atomic mass is 10.1. The molecule has 2 rings (SSSR count). The van der Waals surface area contributed by atoms with Crippen molar-refractivity contribution in [1.82, 2.24) is 0 Å². The first kappa shape index (κ1) is 16.0. The molecule has 0 heterocycles. The SMILES string of the molecule is CC(C)C.Cc1ccc(OCC2CCCC2)c(F)c1. The zero-order valence-electron chi connectivity index (χ0n) is 12.7. The molecule has 0 aliphatic heterocycles. The van der Waals surface area contributed by atoms with Crippen molar-refractivity contribution in [3.8, 4) is 5.75 Å². The first-order chi connectivity index (χ1) is 8.99. The number of hydrogen-bond donors (Lipinski definition) is 0. The van der Waals surface area contributed by atoms with Gasteiger partial charge in [-0.1, -0.05) is 39.7 Å². The number of halogens is 1. The lowest BCUT2D eigenvalue weighted by Crippen LogP contribution is -2.08. The van der Waals surface area contributed by atoms with Gasteiger partial charge in [0.15, 0.2) is 11.6 Å². The molecule has 0 atom stereocenters. The van der Waals surface area contributed by atoms with E-state index in [2.05, 4.69) is 20.8 Å². The average molecular weight is 266 g/mol. The molecule has 1 aliphatic carbocycles. The van der Waals surface area contributed by atoms with Gasteiger partial charge in [0.1, 0.15) is 0 Å². The maximum absolute atomic E-state index is 13.4. The van der Waals surface area contributed by atoms with Gasteiger partial charge in [-0.15, -0.1) is 0 Å². The maximum atomic E-state index is 13.4. The number of ether oxygens (including phenoxy) is 1. The Balaban J connectivity index is 0.000000399. The summed E-state index contributed by atoms with van der Waals surface area (Å²) in [4.78, 5) is 0. The monoisotopic (exact) mass is 266 g/mol. The van der Waals surface area contributed by atoms with Crippen LogP contribution in [0.3, 0.4) is 0 Å². The van der Waals surface area contributed by atoms with E-state index in [0.717, 1.165) is 11.5 Å². The Hall–Kier alpha value is -1.05. The quantitative estimate of drug-likeness (QED) is 0.715. The third-order valence-corrected chi connectivity index (χ3v) is 3.04. The highest BCUT2D eigenvalue weighted by Gasteiger charge is 2.16. The van der Waals surface area contributed by atoms with Crippen LogP contribution in [0.5, 0.6) is 5.75 Å². The van der Waals surface area contributed by atoms with Crippen molar-refractivity contribution in [2.45, 2.75) is 53.4 Å². The van der Waals surface area contributed by atoms with Crippen molar-refractivity contribution in [3.05, 3.63) is 29.6 Å². The lowest BCUT2D eigenvalue weighted by molar-refractivity contribution is 0.242. The Bertz CT molecular complexity index is 365. The molecule has 0 saturated heterocycles. The summed E-state index contributed by atoms with van der Waals surface area (Å²) in [5.41, 5.74) is 0.931. The Labute approximate surface area is 117 Å². The van der Waals surface area contributed by atoms with Crippen LogP contribution >= 0.6 is 0 Å². The summed E-state index contributed by atoms with van der Waals surface area (Å²) >= 11 is 0. The molecular formula is C17H27FO. The third kappa shape index (κ3) is 6.60. The molecule has 0 aromatic heterocycles. The number of aryl methyl sites for hydroxylation is 1. The average Bonchev–Trinajstić information content (AvgIpc) is 2.80. The van der Waals surface area contributed by atoms with Crippen LogP contribution in [0.25, 0.3) is 0 Å². The zero-order valence-corrected chi connectivity index (χ0v) is 12.7. The van der Waals surface area contributed by atoms with E-state index >= 15 is 0 Å². The van der Waals surface area contributed by atoms with Crippen LogP contribution in [-0.4, -0.2) is 6.61 Å². The Morgan fingerprint density at radius 3 is 2.32 bits per heavy atom. The molecule has 1 aromatic carbocycles. The first-order valence-electron chi connectivity index (χ1n) is 7.38. The van der Waals surface area contributed by atoms with Crippen molar-refractivity contribution in [2.75, 3.05) is 6.61 Å². The molecule has 1 aliphatic rings. The summed E-state index contributed by atoms with van der Waals surface area (Å²) in [6, 6.07) is 5.12. The summed E-state index contributed by atoms with van der Waals surface area (Å²) in [7, 11) is 0. The van der Waals surface area contributed by atoms with Crippen LogP contribution in [0.1, 0.15) is 52.0 Å². The summed E-state index contributed by atoms with van der Waals surface area (Å²) in [5.74, 6) is 1.62. The predicted octanol–water partition coefficient (Wildman–Crippen LogP) is 5.37. The Kier molecular flexibility index (Phi) is 6.90. The predicted molar refractivity (Wildman–Crippen MR) is 79.1 cm³/mol. The van der Waals surface area contributed by atoms with Crippen molar-refractivity contribution >= 4 is 0 Å². The fraction of sp³-hybridized carbons (Fsp3) is 0.647. The zero-order chi connectivity index (χ0) is 14.3. The molecule has 1 nitrogen and oxygen atoms in total. The number of hydrogen-bond acceptors (Lipinski definition) is 1. The smallest absolute Gasteiger partial charge is 0.165 e. The Morgan fingerprint density at radius 1 is 1.21 bits per heavy atom. The molecule has 2 heteroatoms.